The molecule has 0 amide bonds. The lowest BCUT2D eigenvalue weighted by atomic mass is 10.1. The Hall–Kier alpha value is -1.06. The van der Waals surface area contributed by atoms with Crippen molar-refractivity contribution < 1.29 is 4.74 Å². The summed E-state index contributed by atoms with van der Waals surface area (Å²) in [6.07, 6.45) is 2.21. The molecule has 0 aliphatic heterocycles. The van der Waals surface area contributed by atoms with Gasteiger partial charge in [-0.05, 0) is 37.1 Å². The SMILES string of the molecule is CCCNC(COCCC)c1ccc(N(C)C)cc1. The molecule has 0 saturated heterocycles. The molecule has 0 saturated carbocycles. The van der Waals surface area contributed by atoms with Crippen LogP contribution < -0.4 is 10.2 Å². The van der Waals surface area contributed by atoms with Gasteiger partial charge in [-0.2, -0.15) is 0 Å². The molecule has 1 aromatic carbocycles. The van der Waals surface area contributed by atoms with Crippen LogP contribution in [-0.2, 0) is 4.74 Å². The highest BCUT2D eigenvalue weighted by atomic mass is 16.5. The van der Waals surface area contributed by atoms with Gasteiger partial charge in [0.05, 0.1) is 12.6 Å². The highest BCUT2D eigenvalue weighted by Gasteiger charge is 2.10. The maximum absolute atomic E-state index is 5.70. The Labute approximate surface area is 118 Å². The Morgan fingerprint density at radius 2 is 1.79 bits per heavy atom. The first-order chi connectivity index (χ1) is 9.19. The zero-order valence-corrected chi connectivity index (χ0v) is 12.8. The Balaban J connectivity index is 2.66. The molecule has 0 spiro atoms. The molecule has 3 heteroatoms. The zero-order chi connectivity index (χ0) is 14.1. The van der Waals surface area contributed by atoms with Crippen LogP contribution in [0.3, 0.4) is 0 Å². The number of ether oxygens (including phenoxy) is 1. The molecule has 1 rings (SSSR count). The van der Waals surface area contributed by atoms with E-state index in [0.717, 1.165) is 32.6 Å². The van der Waals surface area contributed by atoms with Crippen molar-refractivity contribution in [2.24, 2.45) is 0 Å². The van der Waals surface area contributed by atoms with Gasteiger partial charge in [-0.25, -0.2) is 0 Å². The molecule has 19 heavy (non-hydrogen) atoms. The number of benzene rings is 1. The molecule has 0 aliphatic rings. The number of nitrogens with zero attached hydrogens (tertiary/aromatic N) is 1. The zero-order valence-electron chi connectivity index (χ0n) is 12.8. The molecule has 1 N–H and O–H groups in total. The lowest BCUT2D eigenvalue weighted by Gasteiger charge is -2.20. The summed E-state index contributed by atoms with van der Waals surface area (Å²) in [6, 6.07) is 9.00. The van der Waals surface area contributed by atoms with Gasteiger partial charge < -0.3 is 15.0 Å². The van der Waals surface area contributed by atoms with Gasteiger partial charge >= 0.3 is 0 Å². The van der Waals surface area contributed by atoms with Gasteiger partial charge in [-0.15, -0.1) is 0 Å². The topological polar surface area (TPSA) is 24.5 Å². The maximum Gasteiger partial charge on any atom is 0.0661 e. The standard InChI is InChI=1S/C16H28N2O/c1-5-11-17-16(13-19-12-6-2)14-7-9-15(10-8-14)18(3)4/h7-10,16-17H,5-6,11-13H2,1-4H3. The van der Waals surface area contributed by atoms with Crippen molar-refractivity contribution in [2.75, 3.05) is 38.8 Å². The second-order valence-corrected chi connectivity index (χ2v) is 5.07. The van der Waals surface area contributed by atoms with Crippen molar-refractivity contribution in [3.63, 3.8) is 0 Å². The van der Waals surface area contributed by atoms with E-state index in [-0.39, 0.29) is 0 Å². The molecule has 1 unspecified atom stereocenters. The predicted octanol–water partition coefficient (Wildman–Crippen LogP) is 3.22. The van der Waals surface area contributed by atoms with Crippen molar-refractivity contribution in [1.82, 2.24) is 5.32 Å². The van der Waals surface area contributed by atoms with Crippen molar-refractivity contribution >= 4 is 5.69 Å². The summed E-state index contributed by atoms with van der Waals surface area (Å²) in [5.74, 6) is 0. The quantitative estimate of drug-likeness (QED) is 0.693. The van der Waals surface area contributed by atoms with Crippen LogP contribution in [-0.4, -0.2) is 33.9 Å². The smallest absolute Gasteiger partial charge is 0.0661 e. The molecule has 108 valence electrons. The van der Waals surface area contributed by atoms with Crippen LogP contribution in [0, 0.1) is 0 Å². The number of rotatable bonds is 9. The minimum Gasteiger partial charge on any atom is -0.379 e. The van der Waals surface area contributed by atoms with E-state index in [1.165, 1.54) is 11.3 Å². The normalized spacial score (nSPS) is 12.4. The Morgan fingerprint density at radius 3 is 2.32 bits per heavy atom. The van der Waals surface area contributed by atoms with Crippen LogP contribution in [0.4, 0.5) is 5.69 Å². The van der Waals surface area contributed by atoms with E-state index < -0.39 is 0 Å². The van der Waals surface area contributed by atoms with E-state index in [1.807, 2.05) is 0 Å². The van der Waals surface area contributed by atoms with Crippen LogP contribution in [0.2, 0.25) is 0 Å². The molecule has 3 nitrogen and oxygen atoms in total. The molecule has 0 aromatic heterocycles. The van der Waals surface area contributed by atoms with Gasteiger partial charge in [0.2, 0.25) is 0 Å². The van der Waals surface area contributed by atoms with Crippen LogP contribution in [0.25, 0.3) is 0 Å². The fourth-order valence-electron chi connectivity index (χ4n) is 1.94. The minimum absolute atomic E-state index is 0.294. The van der Waals surface area contributed by atoms with Crippen LogP contribution in [0.1, 0.15) is 38.3 Å². The van der Waals surface area contributed by atoms with Crippen molar-refractivity contribution in [3.8, 4) is 0 Å². The van der Waals surface area contributed by atoms with Crippen LogP contribution in [0.5, 0.6) is 0 Å². The van der Waals surface area contributed by atoms with E-state index in [1.54, 1.807) is 0 Å². The molecule has 0 fully saturated rings. The Kier molecular flexibility index (Phi) is 7.53. The lowest BCUT2D eigenvalue weighted by molar-refractivity contribution is 0.112. The van der Waals surface area contributed by atoms with Gasteiger partial charge in [-0.3, -0.25) is 0 Å². The summed E-state index contributed by atoms with van der Waals surface area (Å²) in [5, 5.41) is 3.55. The fourth-order valence-corrected chi connectivity index (χ4v) is 1.94. The monoisotopic (exact) mass is 264 g/mol. The second-order valence-electron chi connectivity index (χ2n) is 5.07. The third kappa shape index (κ3) is 5.62. The van der Waals surface area contributed by atoms with Gasteiger partial charge in [0.25, 0.3) is 0 Å². The number of hydrogen-bond donors (Lipinski definition) is 1. The van der Waals surface area contributed by atoms with Gasteiger partial charge in [0, 0.05) is 26.4 Å². The number of anilines is 1. The van der Waals surface area contributed by atoms with Crippen LogP contribution >= 0.6 is 0 Å². The van der Waals surface area contributed by atoms with Gasteiger partial charge in [-0.1, -0.05) is 26.0 Å². The second kappa shape index (κ2) is 8.94. The van der Waals surface area contributed by atoms with E-state index >= 15 is 0 Å². The lowest BCUT2D eigenvalue weighted by Crippen LogP contribution is -2.26. The first-order valence-electron chi connectivity index (χ1n) is 7.27. The summed E-state index contributed by atoms with van der Waals surface area (Å²) in [5.41, 5.74) is 2.53. The van der Waals surface area contributed by atoms with Gasteiger partial charge in [0.15, 0.2) is 0 Å². The van der Waals surface area contributed by atoms with E-state index in [2.05, 4.69) is 62.4 Å². The third-order valence-corrected chi connectivity index (χ3v) is 3.09. The molecule has 0 heterocycles. The van der Waals surface area contributed by atoms with Crippen molar-refractivity contribution in [1.29, 1.82) is 0 Å². The number of nitrogens with one attached hydrogen (secondary N) is 1. The molecule has 0 aliphatic carbocycles. The van der Waals surface area contributed by atoms with Crippen molar-refractivity contribution in [2.45, 2.75) is 32.7 Å². The molecule has 1 atom stereocenters. The largest absolute Gasteiger partial charge is 0.379 e. The average Bonchev–Trinajstić information content (AvgIpc) is 2.43. The molecule has 0 bridgehead atoms. The molecular formula is C16H28N2O. The first kappa shape index (κ1) is 16.0. The minimum atomic E-state index is 0.294. The van der Waals surface area contributed by atoms with E-state index in [0.29, 0.717) is 6.04 Å². The summed E-state index contributed by atoms with van der Waals surface area (Å²) in [4.78, 5) is 2.12. The van der Waals surface area contributed by atoms with Gasteiger partial charge in [0.1, 0.15) is 0 Å². The summed E-state index contributed by atoms with van der Waals surface area (Å²) >= 11 is 0. The highest BCUT2D eigenvalue weighted by Crippen LogP contribution is 2.18. The Morgan fingerprint density at radius 1 is 1.11 bits per heavy atom. The maximum atomic E-state index is 5.70. The Bertz CT molecular complexity index is 335. The number of hydrogen-bond acceptors (Lipinski definition) is 3. The summed E-state index contributed by atoms with van der Waals surface area (Å²) in [6.45, 7) is 6.93. The molecule has 1 aromatic rings. The third-order valence-electron chi connectivity index (χ3n) is 3.09. The average molecular weight is 264 g/mol. The molecule has 0 radical (unpaired) electrons. The van der Waals surface area contributed by atoms with Crippen molar-refractivity contribution in [3.05, 3.63) is 29.8 Å². The van der Waals surface area contributed by atoms with Crippen LogP contribution in [0.15, 0.2) is 24.3 Å². The molecular weight excluding hydrogens is 236 g/mol. The summed E-state index contributed by atoms with van der Waals surface area (Å²) in [7, 11) is 4.12. The highest BCUT2D eigenvalue weighted by molar-refractivity contribution is 5.46. The fraction of sp³-hybridized carbons (Fsp3) is 0.625. The van der Waals surface area contributed by atoms with E-state index in [4.69, 9.17) is 4.74 Å². The summed E-state index contributed by atoms with van der Waals surface area (Å²) < 4.78 is 5.70. The van der Waals surface area contributed by atoms with E-state index in [9.17, 15) is 0 Å². The first-order valence-corrected chi connectivity index (χ1v) is 7.27. The predicted molar refractivity (Wildman–Crippen MR) is 82.9 cm³/mol.